The number of benzene rings is 1. The number of nitro benzene ring substituents is 1. The van der Waals surface area contributed by atoms with Gasteiger partial charge in [-0.1, -0.05) is 6.07 Å². The van der Waals surface area contributed by atoms with Gasteiger partial charge in [-0.05, 0) is 18.4 Å². The van der Waals surface area contributed by atoms with Crippen LogP contribution in [-0.4, -0.2) is 37.6 Å². The lowest BCUT2D eigenvalue weighted by Crippen LogP contribution is -2.30. The van der Waals surface area contributed by atoms with Crippen LogP contribution in [0.2, 0.25) is 0 Å². The highest BCUT2D eigenvalue weighted by Gasteiger charge is 2.26. The molecule has 0 unspecified atom stereocenters. The van der Waals surface area contributed by atoms with E-state index in [0.717, 1.165) is 17.0 Å². The van der Waals surface area contributed by atoms with Crippen LogP contribution >= 0.6 is 11.3 Å². The Morgan fingerprint density at radius 1 is 1.26 bits per heavy atom. The highest BCUT2D eigenvalue weighted by molar-refractivity contribution is 7.10. The molecule has 0 aliphatic rings. The van der Waals surface area contributed by atoms with Crippen molar-refractivity contribution in [1.82, 2.24) is 5.32 Å². The van der Waals surface area contributed by atoms with Gasteiger partial charge in [0.2, 0.25) is 0 Å². The summed E-state index contributed by atoms with van der Waals surface area (Å²) < 4.78 is 15.0. The summed E-state index contributed by atoms with van der Waals surface area (Å²) in [5.41, 5.74) is -0.846. The molecule has 2 aromatic rings. The van der Waals surface area contributed by atoms with E-state index in [1.807, 2.05) is 17.5 Å². The molecule has 10 heteroatoms. The molecule has 1 atom stereocenters. The van der Waals surface area contributed by atoms with Crippen molar-refractivity contribution in [2.45, 2.75) is 13.0 Å². The van der Waals surface area contributed by atoms with Crippen LogP contribution < -0.4 is 14.8 Å². The fraction of sp³-hybridized carbons (Fsp3) is 0.294. The maximum absolute atomic E-state index is 12.3. The van der Waals surface area contributed by atoms with Gasteiger partial charge in [-0.3, -0.25) is 14.9 Å². The fourth-order valence-corrected chi connectivity index (χ4v) is 3.02. The number of nitro groups is 1. The molecule has 27 heavy (non-hydrogen) atoms. The van der Waals surface area contributed by atoms with Crippen molar-refractivity contribution in [3.8, 4) is 11.5 Å². The first kappa shape index (κ1) is 20.2. The number of esters is 1. The molecule has 1 N–H and O–H groups in total. The standard InChI is InChI=1S/C17H18N2O7S/c1-10(15-5-4-6-27-15)18-16(20)9-26-17(21)11-7-13(24-2)14(25-3)8-12(11)19(22)23/h4-8,10H,9H2,1-3H3,(H,18,20)/t10-/m0/s1. The van der Waals surface area contributed by atoms with Crippen molar-refractivity contribution < 1.29 is 28.7 Å². The van der Waals surface area contributed by atoms with Crippen LogP contribution in [0.25, 0.3) is 0 Å². The van der Waals surface area contributed by atoms with Gasteiger partial charge in [-0.15, -0.1) is 11.3 Å². The first-order valence-electron chi connectivity index (χ1n) is 7.77. The average molecular weight is 394 g/mol. The Morgan fingerprint density at radius 3 is 2.48 bits per heavy atom. The van der Waals surface area contributed by atoms with Crippen molar-refractivity contribution in [3.63, 3.8) is 0 Å². The van der Waals surface area contributed by atoms with Crippen molar-refractivity contribution in [3.05, 3.63) is 50.2 Å². The summed E-state index contributed by atoms with van der Waals surface area (Å²) in [5, 5.41) is 15.8. The zero-order valence-corrected chi connectivity index (χ0v) is 15.7. The lowest BCUT2D eigenvalue weighted by atomic mass is 10.1. The van der Waals surface area contributed by atoms with Crippen LogP contribution in [0.15, 0.2) is 29.6 Å². The van der Waals surface area contributed by atoms with Gasteiger partial charge in [0.15, 0.2) is 18.1 Å². The van der Waals surface area contributed by atoms with Gasteiger partial charge in [0.1, 0.15) is 5.56 Å². The molecule has 0 radical (unpaired) electrons. The number of hydrogen-bond donors (Lipinski definition) is 1. The van der Waals surface area contributed by atoms with E-state index in [4.69, 9.17) is 14.2 Å². The Labute approximate surface area is 159 Å². The van der Waals surface area contributed by atoms with E-state index < -0.39 is 29.1 Å². The Morgan fingerprint density at radius 2 is 1.93 bits per heavy atom. The van der Waals surface area contributed by atoms with E-state index in [2.05, 4.69) is 5.32 Å². The fourth-order valence-electron chi connectivity index (χ4n) is 2.28. The third-order valence-corrected chi connectivity index (χ3v) is 4.66. The Balaban J connectivity index is 2.08. The van der Waals surface area contributed by atoms with Crippen LogP contribution in [-0.2, 0) is 9.53 Å². The van der Waals surface area contributed by atoms with Crippen LogP contribution in [0.5, 0.6) is 11.5 Å². The summed E-state index contributed by atoms with van der Waals surface area (Å²) in [6.45, 7) is 1.23. The van der Waals surface area contributed by atoms with Gasteiger partial charge < -0.3 is 19.5 Å². The van der Waals surface area contributed by atoms with E-state index in [9.17, 15) is 19.7 Å². The molecule has 144 valence electrons. The number of nitrogens with zero attached hydrogens (tertiary/aromatic N) is 1. The first-order chi connectivity index (χ1) is 12.9. The van der Waals surface area contributed by atoms with Gasteiger partial charge >= 0.3 is 5.97 Å². The lowest BCUT2D eigenvalue weighted by Gasteiger charge is -2.13. The Bertz CT molecular complexity index is 836. The first-order valence-corrected chi connectivity index (χ1v) is 8.65. The van der Waals surface area contributed by atoms with Crippen LogP contribution in [0, 0.1) is 10.1 Å². The number of rotatable bonds is 8. The summed E-state index contributed by atoms with van der Waals surface area (Å²) in [5.74, 6) is -1.30. The second-order valence-corrected chi connectivity index (χ2v) is 6.34. The van der Waals surface area contributed by atoms with E-state index in [-0.39, 0.29) is 23.1 Å². The maximum atomic E-state index is 12.3. The Kier molecular flexibility index (Phi) is 6.72. The zero-order valence-electron chi connectivity index (χ0n) is 14.9. The number of carbonyl (C=O) groups excluding carboxylic acids is 2. The minimum Gasteiger partial charge on any atom is -0.493 e. The molecule has 9 nitrogen and oxygen atoms in total. The van der Waals surface area contributed by atoms with E-state index in [0.29, 0.717) is 0 Å². The normalized spacial score (nSPS) is 11.4. The molecule has 2 rings (SSSR count). The third kappa shape index (κ3) is 4.94. The molecule has 0 spiro atoms. The highest BCUT2D eigenvalue weighted by Crippen LogP contribution is 2.34. The molecule has 0 bridgehead atoms. The summed E-state index contributed by atoms with van der Waals surface area (Å²) in [6.07, 6.45) is 0. The highest BCUT2D eigenvalue weighted by atomic mass is 32.1. The smallest absolute Gasteiger partial charge is 0.345 e. The molecular formula is C17H18N2O7S. The molecule has 0 aliphatic carbocycles. The molecule has 1 heterocycles. The molecule has 1 aromatic heterocycles. The van der Waals surface area contributed by atoms with E-state index in [1.54, 1.807) is 6.92 Å². The van der Waals surface area contributed by atoms with E-state index >= 15 is 0 Å². The number of hydrogen-bond acceptors (Lipinski definition) is 8. The molecular weight excluding hydrogens is 376 g/mol. The molecule has 1 aromatic carbocycles. The number of nitrogens with one attached hydrogen (secondary N) is 1. The van der Waals surface area contributed by atoms with Crippen molar-refractivity contribution in [2.75, 3.05) is 20.8 Å². The van der Waals surface area contributed by atoms with Gasteiger partial charge in [0, 0.05) is 10.9 Å². The van der Waals surface area contributed by atoms with Crippen molar-refractivity contribution >= 4 is 28.9 Å². The second-order valence-electron chi connectivity index (χ2n) is 5.36. The summed E-state index contributed by atoms with van der Waals surface area (Å²) >= 11 is 1.48. The number of carbonyl (C=O) groups is 2. The number of thiophene rings is 1. The third-order valence-electron chi connectivity index (χ3n) is 3.60. The maximum Gasteiger partial charge on any atom is 0.345 e. The van der Waals surface area contributed by atoms with Crippen molar-refractivity contribution in [1.29, 1.82) is 0 Å². The van der Waals surface area contributed by atoms with Crippen LogP contribution in [0.1, 0.15) is 28.2 Å². The second kappa shape index (κ2) is 8.99. The zero-order chi connectivity index (χ0) is 20.0. The van der Waals surface area contributed by atoms with Gasteiger partial charge in [0.05, 0.1) is 31.3 Å². The summed E-state index contributed by atoms with van der Waals surface area (Å²) in [4.78, 5) is 35.7. The largest absolute Gasteiger partial charge is 0.493 e. The van der Waals surface area contributed by atoms with Gasteiger partial charge in [-0.25, -0.2) is 4.79 Å². The molecule has 0 saturated heterocycles. The molecule has 0 aliphatic heterocycles. The SMILES string of the molecule is COc1cc(C(=O)OCC(=O)N[C@@H](C)c2cccs2)c([N+](=O)[O-])cc1OC. The summed E-state index contributed by atoms with van der Waals surface area (Å²) in [7, 11) is 2.65. The van der Waals surface area contributed by atoms with Crippen molar-refractivity contribution in [2.24, 2.45) is 0 Å². The predicted molar refractivity (Wildman–Crippen MR) is 97.4 cm³/mol. The summed E-state index contributed by atoms with van der Waals surface area (Å²) in [6, 6.07) is 5.69. The number of ether oxygens (including phenoxy) is 3. The monoisotopic (exact) mass is 394 g/mol. The lowest BCUT2D eigenvalue weighted by molar-refractivity contribution is -0.385. The minimum absolute atomic E-state index is 0.100. The molecule has 0 saturated carbocycles. The van der Waals surface area contributed by atoms with E-state index in [1.165, 1.54) is 25.6 Å². The van der Waals surface area contributed by atoms with Crippen LogP contribution in [0.4, 0.5) is 5.69 Å². The molecule has 0 fully saturated rings. The quantitative estimate of drug-likeness (QED) is 0.415. The topological polar surface area (TPSA) is 117 Å². The minimum atomic E-state index is -1.01. The predicted octanol–water partition coefficient (Wildman–Crippen LogP) is 2.71. The Hall–Kier alpha value is -3.14. The van der Waals surface area contributed by atoms with Gasteiger partial charge in [0.25, 0.3) is 11.6 Å². The average Bonchev–Trinajstić information content (AvgIpc) is 3.19. The van der Waals surface area contributed by atoms with Gasteiger partial charge in [-0.2, -0.15) is 0 Å². The molecule has 1 amide bonds. The number of amides is 1. The number of methoxy groups -OCH3 is 2. The van der Waals surface area contributed by atoms with Crippen LogP contribution in [0.3, 0.4) is 0 Å².